The van der Waals surface area contributed by atoms with Crippen molar-refractivity contribution in [2.75, 3.05) is 6.61 Å². The van der Waals surface area contributed by atoms with Crippen LogP contribution < -0.4 is 15.6 Å². The SMILES string of the molecule is CC(C)Cc1ccc(C(=O)NNC(=O)COc2ccc(C#N)cc2)cc1. The fraction of sp³-hybridized carbons (Fsp3) is 0.250. The lowest BCUT2D eigenvalue weighted by molar-refractivity contribution is -0.123. The van der Waals surface area contributed by atoms with E-state index in [-0.39, 0.29) is 6.61 Å². The number of carbonyl (C=O) groups is 2. The molecule has 26 heavy (non-hydrogen) atoms. The van der Waals surface area contributed by atoms with Gasteiger partial charge in [-0.25, -0.2) is 0 Å². The van der Waals surface area contributed by atoms with Gasteiger partial charge in [-0.1, -0.05) is 26.0 Å². The molecule has 6 heteroatoms. The van der Waals surface area contributed by atoms with Crippen molar-refractivity contribution < 1.29 is 14.3 Å². The van der Waals surface area contributed by atoms with Crippen molar-refractivity contribution in [2.24, 2.45) is 5.92 Å². The summed E-state index contributed by atoms with van der Waals surface area (Å²) in [4.78, 5) is 23.8. The van der Waals surface area contributed by atoms with Gasteiger partial charge in [-0.3, -0.25) is 20.4 Å². The molecule has 0 fully saturated rings. The second kappa shape index (κ2) is 9.23. The van der Waals surface area contributed by atoms with E-state index in [1.807, 2.05) is 18.2 Å². The van der Waals surface area contributed by atoms with Crippen molar-refractivity contribution >= 4 is 11.8 Å². The van der Waals surface area contributed by atoms with Crippen LogP contribution in [0.15, 0.2) is 48.5 Å². The van der Waals surface area contributed by atoms with Gasteiger partial charge in [0.05, 0.1) is 11.6 Å². The first-order chi connectivity index (χ1) is 12.5. The number of benzene rings is 2. The Morgan fingerprint density at radius 3 is 2.27 bits per heavy atom. The maximum atomic E-state index is 12.0. The Morgan fingerprint density at radius 2 is 1.69 bits per heavy atom. The molecule has 2 aromatic carbocycles. The van der Waals surface area contributed by atoms with Gasteiger partial charge in [-0.2, -0.15) is 5.26 Å². The minimum Gasteiger partial charge on any atom is -0.484 e. The zero-order valence-corrected chi connectivity index (χ0v) is 14.8. The monoisotopic (exact) mass is 351 g/mol. The highest BCUT2D eigenvalue weighted by Crippen LogP contribution is 2.11. The summed E-state index contributed by atoms with van der Waals surface area (Å²) >= 11 is 0. The Balaban J connectivity index is 1.77. The van der Waals surface area contributed by atoms with E-state index in [4.69, 9.17) is 10.00 Å². The van der Waals surface area contributed by atoms with Crippen LogP contribution in [0, 0.1) is 17.2 Å². The number of nitrogens with one attached hydrogen (secondary N) is 2. The van der Waals surface area contributed by atoms with E-state index >= 15 is 0 Å². The lowest BCUT2D eigenvalue weighted by Gasteiger charge is -2.10. The number of nitrogens with zero attached hydrogens (tertiary/aromatic N) is 1. The highest BCUT2D eigenvalue weighted by molar-refractivity contribution is 5.95. The van der Waals surface area contributed by atoms with Crippen molar-refractivity contribution in [3.05, 3.63) is 65.2 Å². The summed E-state index contributed by atoms with van der Waals surface area (Å²) in [6.07, 6.45) is 0.950. The average molecular weight is 351 g/mol. The van der Waals surface area contributed by atoms with Gasteiger partial charge in [0, 0.05) is 5.56 Å². The largest absolute Gasteiger partial charge is 0.484 e. The molecule has 0 saturated carbocycles. The molecule has 2 N–H and O–H groups in total. The third-order valence-electron chi connectivity index (χ3n) is 3.53. The van der Waals surface area contributed by atoms with Crippen LogP contribution in [0.4, 0.5) is 0 Å². The molecule has 2 aromatic rings. The Kier molecular flexibility index (Phi) is 6.75. The quantitative estimate of drug-likeness (QED) is 0.783. The zero-order chi connectivity index (χ0) is 18.9. The number of carbonyl (C=O) groups excluding carboxylic acids is 2. The highest BCUT2D eigenvalue weighted by atomic mass is 16.5. The van der Waals surface area contributed by atoms with Crippen molar-refractivity contribution in [3.63, 3.8) is 0 Å². The van der Waals surface area contributed by atoms with Gasteiger partial charge in [0.2, 0.25) is 0 Å². The van der Waals surface area contributed by atoms with Crippen LogP contribution >= 0.6 is 0 Å². The van der Waals surface area contributed by atoms with E-state index in [1.54, 1.807) is 36.4 Å². The third kappa shape index (κ3) is 5.95. The number of hydrogen-bond donors (Lipinski definition) is 2. The Bertz CT molecular complexity index is 791. The van der Waals surface area contributed by atoms with Crippen LogP contribution in [0.25, 0.3) is 0 Å². The molecule has 0 spiro atoms. The van der Waals surface area contributed by atoms with Crippen LogP contribution in [0.1, 0.15) is 35.3 Å². The first-order valence-electron chi connectivity index (χ1n) is 8.29. The van der Waals surface area contributed by atoms with Gasteiger partial charge in [0.15, 0.2) is 6.61 Å². The standard InChI is InChI=1S/C20H21N3O3/c1-14(2)11-15-3-7-17(8-4-15)20(25)23-22-19(24)13-26-18-9-5-16(12-21)6-10-18/h3-10,14H,11,13H2,1-2H3,(H,22,24)(H,23,25). The molecule has 0 saturated heterocycles. The Labute approximate surface area is 152 Å². The summed E-state index contributed by atoms with van der Waals surface area (Å²) in [5, 5.41) is 8.72. The maximum absolute atomic E-state index is 12.0. The van der Waals surface area contributed by atoms with E-state index in [0.717, 1.165) is 12.0 Å². The van der Waals surface area contributed by atoms with Crippen molar-refractivity contribution in [3.8, 4) is 11.8 Å². The number of ether oxygens (including phenoxy) is 1. The fourth-order valence-corrected chi connectivity index (χ4v) is 2.27. The summed E-state index contributed by atoms with van der Waals surface area (Å²) < 4.78 is 5.29. The topological polar surface area (TPSA) is 91.2 Å². The van der Waals surface area contributed by atoms with E-state index in [2.05, 4.69) is 24.7 Å². The molecule has 0 heterocycles. The second-order valence-electron chi connectivity index (χ2n) is 6.22. The van der Waals surface area contributed by atoms with Crippen LogP contribution in [-0.2, 0) is 11.2 Å². The van der Waals surface area contributed by atoms with Crippen molar-refractivity contribution in [1.82, 2.24) is 10.9 Å². The Hall–Kier alpha value is -3.33. The molecule has 0 unspecified atom stereocenters. The molecule has 0 aliphatic carbocycles. The molecule has 6 nitrogen and oxygen atoms in total. The molecule has 0 atom stereocenters. The summed E-state index contributed by atoms with van der Waals surface area (Å²) in [6.45, 7) is 4.02. The van der Waals surface area contributed by atoms with E-state index in [0.29, 0.717) is 22.8 Å². The van der Waals surface area contributed by atoms with Gasteiger partial charge in [0.1, 0.15) is 5.75 Å². The van der Waals surface area contributed by atoms with Gasteiger partial charge in [0.25, 0.3) is 11.8 Å². The molecule has 0 radical (unpaired) electrons. The minimum absolute atomic E-state index is 0.250. The molecule has 0 aromatic heterocycles. The van der Waals surface area contributed by atoms with E-state index in [1.165, 1.54) is 0 Å². The molecular formula is C20H21N3O3. The smallest absolute Gasteiger partial charge is 0.276 e. The lowest BCUT2D eigenvalue weighted by Crippen LogP contribution is -2.43. The summed E-state index contributed by atoms with van der Waals surface area (Å²) in [6, 6.07) is 15.7. The average Bonchev–Trinajstić information content (AvgIpc) is 2.65. The van der Waals surface area contributed by atoms with E-state index in [9.17, 15) is 9.59 Å². The molecule has 2 amide bonds. The summed E-state index contributed by atoms with van der Waals surface area (Å²) in [7, 11) is 0. The molecular weight excluding hydrogens is 330 g/mol. The number of amides is 2. The lowest BCUT2D eigenvalue weighted by atomic mass is 10.0. The van der Waals surface area contributed by atoms with Crippen LogP contribution in [0.5, 0.6) is 5.75 Å². The van der Waals surface area contributed by atoms with E-state index < -0.39 is 11.8 Å². The zero-order valence-electron chi connectivity index (χ0n) is 14.8. The predicted molar refractivity (Wildman–Crippen MR) is 97.2 cm³/mol. The summed E-state index contributed by atoms with van der Waals surface area (Å²) in [5.74, 6) is 0.128. The minimum atomic E-state index is -0.487. The van der Waals surface area contributed by atoms with Crippen molar-refractivity contribution in [2.45, 2.75) is 20.3 Å². The van der Waals surface area contributed by atoms with Crippen LogP contribution in [0.2, 0.25) is 0 Å². The summed E-state index contributed by atoms with van der Waals surface area (Å²) in [5.41, 5.74) is 6.79. The predicted octanol–water partition coefficient (Wildman–Crippen LogP) is 2.60. The highest BCUT2D eigenvalue weighted by Gasteiger charge is 2.08. The van der Waals surface area contributed by atoms with Crippen molar-refractivity contribution in [1.29, 1.82) is 5.26 Å². The Morgan fingerprint density at radius 1 is 1.04 bits per heavy atom. The van der Waals surface area contributed by atoms with Gasteiger partial charge in [-0.15, -0.1) is 0 Å². The number of hydrazine groups is 1. The first-order valence-corrected chi connectivity index (χ1v) is 8.29. The molecule has 0 bridgehead atoms. The fourth-order valence-electron chi connectivity index (χ4n) is 2.27. The number of rotatable bonds is 6. The second-order valence-corrected chi connectivity index (χ2v) is 6.22. The van der Waals surface area contributed by atoms with Crippen LogP contribution in [0.3, 0.4) is 0 Å². The molecule has 0 aliphatic heterocycles. The first kappa shape index (κ1) is 19.0. The molecule has 0 aliphatic rings. The van der Waals surface area contributed by atoms with Gasteiger partial charge in [-0.05, 0) is 54.3 Å². The maximum Gasteiger partial charge on any atom is 0.276 e. The van der Waals surface area contributed by atoms with Gasteiger partial charge < -0.3 is 4.74 Å². The third-order valence-corrected chi connectivity index (χ3v) is 3.53. The molecule has 2 rings (SSSR count). The number of hydrogen-bond acceptors (Lipinski definition) is 4. The van der Waals surface area contributed by atoms with Crippen LogP contribution in [-0.4, -0.2) is 18.4 Å². The normalized spacial score (nSPS) is 10.1. The van der Waals surface area contributed by atoms with Gasteiger partial charge >= 0.3 is 0 Å². The number of nitriles is 1. The molecule has 134 valence electrons.